The third-order valence-corrected chi connectivity index (χ3v) is 2.77. The topological polar surface area (TPSA) is 40.2 Å². The summed E-state index contributed by atoms with van der Waals surface area (Å²) in [5, 5.41) is 0. The van der Waals surface area contributed by atoms with Crippen LogP contribution in [-0.4, -0.2) is 25.9 Å². The zero-order valence-electron chi connectivity index (χ0n) is 8.38. The molecular weight excluding hydrogens is 196 g/mol. The molecule has 2 aliphatic rings. The number of hydrogen-bond donors (Lipinski definition) is 0. The molecule has 1 aromatic rings. The van der Waals surface area contributed by atoms with Gasteiger partial charge in [0.1, 0.15) is 24.6 Å². The zero-order chi connectivity index (χ0) is 10.3. The summed E-state index contributed by atoms with van der Waals surface area (Å²) in [6.45, 7) is 0.524. The molecule has 0 aromatic heterocycles. The first kappa shape index (κ1) is 9.15. The minimum atomic E-state index is -0.167. The molecule has 0 aliphatic carbocycles. The van der Waals surface area contributed by atoms with E-state index in [9.17, 15) is 0 Å². The fourth-order valence-electron chi connectivity index (χ4n) is 1.92. The molecule has 2 saturated heterocycles. The fraction of sp³-hybridized carbons (Fsp3) is 0.455. The number of methoxy groups -OCH3 is 1. The second kappa shape index (κ2) is 3.48. The molecule has 0 radical (unpaired) electrons. The van der Waals surface area contributed by atoms with Crippen molar-refractivity contribution < 1.29 is 19.2 Å². The van der Waals surface area contributed by atoms with E-state index in [2.05, 4.69) is 0 Å². The van der Waals surface area contributed by atoms with Crippen LogP contribution in [0.5, 0.6) is 5.75 Å². The highest BCUT2D eigenvalue weighted by atomic mass is 17.2. The average Bonchev–Trinajstić information content (AvgIpc) is 3.07. The van der Waals surface area contributed by atoms with Crippen molar-refractivity contribution in [3.63, 3.8) is 0 Å². The summed E-state index contributed by atoms with van der Waals surface area (Å²) in [5.74, 6) is 0.808. The van der Waals surface area contributed by atoms with Crippen LogP contribution in [0.3, 0.4) is 0 Å². The molecule has 0 saturated carbocycles. The smallest absolute Gasteiger partial charge is 0.150 e. The molecule has 4 heteroatoms. The van der Waals surface area contributed by atoms with Gasteiger partial charge in [0.25, 0.3) is 0 Å². The normalized spacial score (nSPS) is 33.3. The van der Waals surface area contributed by atoms with Crippen LogP contribution < -0.4 is 4.74 Å². The highest BCUT2D eigenvalue weighted by Gasteiger charge is 2.51. The lowest BCUT2D eigenvalue weighted by Gasteiger charge is -2.20. The van der Waals surface area contributed by atoms with Crippen molar-refractivity contribution in [2.75, 3.05) is 13.7 Å². The van der Waals surface area contributed by atoms with Gasteiger partial charge >= 0.3 is 0 Å². The van der Waals surface area contributed by atoms with Crippen LogP contribution in [0, 0.1) is 0 Å². The van der Waals surface area contributed by atoms with Gasteiger partial charge in [-0.1, -0.05) is 18.2 Å². The van der Waals surface area contributed by atoms with E-state index in [4.69, 9.17) is 19.2 Å². The molecule has 80 valence electrons. The van der Waals surface area contributed by atoms with Crippen LogP contribution in [0.25, 0.3) is 0 Å². The van der Waals surface area contributed by atoms with Crippen molar-refractivity contribution in [1.29, 1.82) is 0 Å². The Morgan fingerprint density at radius 1 is 1.33 bits per heavy atom. The fourth-order valence-corrected chi connectivity index (χ4v) is 1.92. The lowest BCUT2D eigenvalue weighted by atomic mass is 10.0. The van der Waals surface area contributed by atoms with Gasteiger partial charge in [0, 0.05) is 5.56 Å². The number of benzene rings is 1. The number of para-hydroxylation sites is 1. The molecule has 4 nitrogen and oxygen atoms in total. The Kier molecular flexibility index (Phi) is 2.12. The summed E-state index contributed by atoms with van der Waals surface area (Å²) in [7, 11) is 1.65. The predicted molar refractivity (Wildman–Crippen MR) is 51.4 cm³/mol. The number of ether oxygens (including phenoxy) is 2. The van der Waals surface area contributed by atoms with Gasteiger partial charge in [0.15, 0.2) is 6.10 Å². The third kappa shape index (κ3) is 1.51. The SMILES string of the molecule is COc1ccccc1[C@H]1OOC[C@H]2O[C@@H]12. The Balaban J connectivity index is 1.91. The molecule has 0 unspecified atom stereocenters. The number of epoxide rings is 1. The Morgan fingerprint density at radius 2 is 2.20 bits per heavy atom. The first-order valence-electron chi connectivity index (χ1n) is 4.97. The van der Waals surface area contributed by atoms with Gasteiger partial charge in [-0.05, 0) is 6.07 Å². The molecule has 2 aliphatic heterocycles. The van der Waals surface area contributed by atoms with Gasteiger partial charge in [-0.25, -0.2) is 9.78 Å². The summed E-state index contributed by atoms with van der Waals surface area (Å²) in [4.78, 5) is 10.3. The van der Waals surface area contributed by atoms with Gasteiger partial charge in [0.2, 0.25) is 0 Å². The molecule has 0 amide bonds. The third-order valence-electron chi connectivity index (χ3n) is 2.77. The Bertz CT molecular complexity index is 365. The Morgan fingerprint density at radius 3 is 3.07 bits per heavy atom. The molecule has 15 heavy (non-hydrogen) atoms. The van der Waals surface area contributed by atoms with Crippen molar-refractivity contribution in [3.8, 4) is 5.75 Å². The average molecular weight is 208 g/mol. The lowest BCUT2D eigenvalue weighted by molar-refractivity contribution is -0.339. The van der Waals surface area contributed by atoms with Crippen LogP contribution >= 0.6 is 0 Å². The first-order valence-corrected chi connectivity index (χ1v) is 4.97. The van der Waals surface area contributed by atoms with Crippen molar-refractivity contribution in [1.82, 2.24) is 0 Å². The zero-order valence-corrected chi connectivity index (χ0v) is 8.38. The van der Waals surface area contributed by atoms with Gasteiger partial charge in [0.05, 0.1) is 7.11 Å². The summed E-state index contributed by atoms with van der Waals surface area (Å²) in [6, 6.07) is 7.76. The molecule has 0 bridgehead atoms. The maximum Gasteiger partial charge on any atom is 0.150 e. The summed E-state index contributed by atoms with van der Waals surface area (Å²) in [6.07, 6.45) is 0.142. The maximum atomic E-state index is 5.44. The molecular formula is C11H12O4. The van der Waals surface area contributed by atoms with Crippen LogP contribution in [0.2, 0.25) is 0 Å². The minimum Gasteiger partial charge on any atom is -0.496 e. The summed E-state index contributed by atoms with van der Waals surface area (Å²) in [5.41, 5.74) is 0.979. The summed E-state index contributed by atoms with van der Waals surface area (Å²) >= 11 is 0. The second-order valence-electron chi connectivity index (χ2n) is 3.68. The number of fused-ring (bicyclic) bond motifs is 1. The van der Waals surface area contributed by atoms with Crippen LogP contribution in [0.15, 0.2) is 24.3 Å². The van der Waals surface area contributed by atoms with E-state index >= 15 is 0 Å². The van der Waals surface area contributed by atoms with E-state index in [1.165, 1.54) is 0 Å². The lowest BCUT2D eigenvalue weighted by Crippen LogP contribution is -2.22. The molecule has 3 atom stereocenters. The van der Waals surface area contributed by atoms with E-state index in [-0.39, 0.29) is 18.3 Å². The minimum absolute atomic E-state index is 0.120. The molecule has 1 aromatic carbocycles. The number of rotatable bonds is 2. The van der Waals surface area contributed by atoms with Crippen LogP contribution in [0.1, 0.15) is 11.7 Å². The van der Waals surface area contributed by atoms with Gasteiger partial charge in [-0.2, -0.15) is 0 Å². The van der Waals surface area contributed by atoms with E-state index < -0.39 is 0 Å². The van der Waals surface area contributed by atoms with Gasteiger partial charge in [-0.15, -0.1) is 0 Å². The van der Waals surface area contributed by atoms with E-state index in [1.54, 1.807) is 7.11 Å². The van der Waals surface area contributed by atoms with E-state index in [0.717, 1.165) is 11.3 Å². The van der Waals surface area contributed by atoms with Crippen LogP contribution in [0.4, 0.5) is 0 Å². The largest absolute Gasteiger partial charge is 0.496 e. The monoisotopic (exact) mass is 208 g/mol. The number of hydrogen-bond acceptors (Lipinski definition) is 4. The van der Waals surface area contributed by atoms with Gasteiger partial charge < -0.3 is 9.47 Å². The van der Waals surface area contributed by atoms with Crippen molar-refractivity contribution >= 4 is 0 Å². The van der Waals surface area contributed by atoms with Crippen molar-refractivity contribution in [3.05, 3.63) is 29.8 Å². The molecule has 0 N–H and O–H groups in total. The maximum absolute atomic E-state index is 5.44. The quantitative estimate of drug-likeness (QED) is 0.545. The Hall–Kier alpha value is -1.10. The van der Waals surface area contributed by atoms with Crippen LogP contribution in [-0.2, 0) is 14.5 Å². The second-order valence-corrected chi connectivity index (χ2v) is 3.68. The molecule has 2 fully saturated rings. The predicted octanol–water partition coefficient (Wildman–Crippen LogP) is 1.47. The molecule has 3 rings (SSSR count). The van der Waals surface area contributed by atoms with Crippen molar-refractivity contribution in [2.45, 2.75) is 18.3 Å². The molecule has 0 spiro atoms. The highest BCUT2D eigenvalue weighted by molar-refractivity contribution is 5.36. The molecule has 2 heterocycles. The summed E-state index contributed by atoms with van der Waals surface area (Å²) < 4.78 is 10.7. The standard InChI is InChI=1S/C11H12O4/c1-12-8-5-3-2-4-7(8)10-11-9(14-11)6-13-15-10/h2-5,9-11H,6H2,1H3/t9-,10-,11-/m1/s1. The first-order chi connectivity index (χ1) is 7.40. The Labute approximate surface area is 87.6 Å². The van der Waals surface area contributed by atoms with E-state index in [1.807, 2.05) is 24.3 Å². The van der Waals surface area contributed by atoms with Crippen molar-refractivity contribution in [2.24, 2.45) is 0 Å². The highest BCUT2D eigenvalue weighted by Crippen LogP contribution is 2.43. The van der Waals surface area contributed by atoms with E-state index in [0.29, 0.717) is 6.61 Å². The van der Waals surface area contributed by atoms with Gasteiger partial charge in [-0.3, -0.25) is 0 Å².